The summed E-state index contributed by atoms with van der Waals surface area (Å²) in [4.78, 5) is 10.8. The lowest BCUT2D eigenvalue weighted by molar-refractivity contribution is 0.0694. The second-order valence-electron chi connectivity index (χ2n) is 3.14. The van der Waals surface area contributed by atoms with E-state index in [4.69, 9.17) is 16.7 Å². The van der Waals surface area contributed by atoms with Crippen molar-refractivity contribution in [3.63, 3.8) is 0 Å². The van der Waals surface area contributed by atoms with E-state index >= 15 is 0 Å². The molecule has 0 unspecified atom stereocenters. The quantitative estimate of drug-likeness (QED) is 0.780. The van der Waals surface area contributed by atoms with Crippen LogP contribution in [0, 0.1) is 0 Å². The van der Waals surface area contributed by atoms with Crippen molar-refractivity contribution in [2.45, 2.75) is 0 Å². The molecule has 2 aromatic carbocycles. The fourth-order valence-corrected chi connectivity index (χ4v) is 1.68. The van der Waals surface area contributed by atoms with E-state index in [2.05, 4.69) is 0 Å². The fourth-order valence-electron chi connectivity index (χ4n) is 1.45. The molecule has 0 atom stereocenters. The van der Waals surface area contributed by atoms with Crippen LogP contribution in [-0.4, -0.2) is 16.2 Å². The van der Waals surface area contributed by atoms with Crippen molar-refractivity contribution in [1.29, 1.82) is 0 Å². The molecule has 0 saturated heterocycles. The van der Waals surface area contributed by atoms with Crippen LogP contribution in [0.1, 0.15) is 10.4 Å². The Balaban J connectivity index is 2.83. The molecule has 0 aromatic heterocycles. The van der Waals surface area contributed by atoms with Crippen LogP contribution in [0.5, 0.6) is 5.75 Å². The fraction of sp³-hybridized carbons (Fsp3) is 0. The molecule has 0 aliphatic carbocycles. The molecule has 2 rings (SSSR count). The molecule has 3 nitrogen and oxygen atoms in total. The Morgan fingerprint density at radius 2 is 2.00 bits per heavy atom. The molecule has 76 valence electrons. The van der Waals surface area contributed by atoms with Crippen LogP contribution < -0.4 is 0 Å². The van der Waals surface area contributed by atoms with Crippen molar-refractivity contribution in [1.82, 2.24) is 0 Å². The lowest BCUT2D eigenvalue weighted by Crippen LogP contribution is -1.96. The largest absolute Gasteiger partial charge is 0.507 e. The Bertz CT molecular complexity index is 549. The second-order valence-corrected chi connectivity index (χ2v) is 3.54. The summed E-state index contributed by atoms with van der Waals surface area (Å²) in [7, 11) is 0. The number of aromatic carboxylic acids is 1. The molecule has 0 heterocycles. The first-order chi connectivity index (χ1) is 7.09. The summed E-state index contributed by atoms with van der Waals surface area (Å²) in [5, 5.41) is 20.1. The molecule has 0 fully saturated rings. The number of rotatable bonds is 1. The number of phenols is 1. The normalized spacial score (nSPS) is 10.5. The van der Waals surface area contributed by atoms with Gasteiger partial charge in [-0.1, -0.05) is 23.7 Å². The number of carboxylic acids is 1. The van der Waals surface area contributed by atoms with E-state index in [1.54, 1.807) is 18.2 Å². The molecular weight excluding hydrogens is 216 g/mol. The predicted molar refractivity (Wildman–Crippen MR) is 57.6 cm³/mol. The lowest BCUT2D eigenvalue weighted by Gasteiger charge is -2.04. The zero-order valence-electron chi connectivity index (χ0n) is 7.57. The average Bonchev–Trinajstić information content (AvgIpc) is 2.16. The van der Waals surface area contributed by atoms with E-state index in [9.17, 15) is 9.90 Å². The molecule has 0 aliphatic heterocycles. The third kappa shape index (κ3) is 1.62. The Labute approximate surface area is 90.5 Å². The number of carboxylic acid groups (broad SMARTS) is 1. The lowest BCUT2D eigenvalue weighted by atomic mass is 10.1. The van der Waals surface area contributed by atoms with Gasteiger partial charge in [-0.05, 0) is 23.6 Å². The highest BCUT2D eigenvalue weighted by Crippen LogP contribution is 2.29. The number of fused-ring (bicyclic) bond motifs is 1. The monoisotopic (exact) mass is 222 g/mol. The summed E-state index contributed by atoms with van der Waals surface area (Å²) in [5.74, 6) is -1.42. The van der Waals surface area contributed by atoms with Crippen LogP contribution >= 0.6 is 11.6 Å². The van der Waals surface area contributed by atoms with Gasteiger partial charge in [-0.25, -0.2) is 4.79 Å². The standard InChI is InChI=1S/C11H7ClO3/c12-9-3-1-2-6-4-10(13)8(11(14)15)5-7(6)9/h1-5,13H,(H,14,15). The van der Waals surface area contributed by atoms with Gasteiger partial charge in [0, 0.05) is 10.4 Å². The highest BCUT2D eigenvalue weighted by Gasteiger charge is 2.11. The summed E-state index contributed by atoms with van der Waals surface area (Å²) in [5.41, 5.74) is -0.143. The van der Waals surface area contributed by atoms with Crippen molar-refractivity contribution in [3.05, 3.63) is 40.9 Å². The van der Waals surface area contributed by atoms with Gasteiger partial charge in [-0.15, -0.1) is 0 Å². The Morgan fingerprint density at radius 3 is 2.67 bits per heavy atom. The topological polar surface area (TPSA) is 57.5 Å². The van der Waals surface area contributed by atoms with Crippen molar-refractivity contribution >= 4 is 28.3 Å². The van der Waals surface area contributed by atoms with E-state index in [1.165, 1.54) is 12.1 Å². The van der Waals surface area contributed by atoms with Crippen molar-refractivity contribution in [2.75, 3.05) is 0 Å². The minimum atomic E-state index is -1.17. The van der Waals surface area contributed by atoms with Gasteiger partial charge < -0.3 is 10.2 Å². The van der Waals surface area contributed by atoms with Crippen LogP contribution in [0.3, 0.4) is 0 Å². The summed E-state index contributed by atoms with van der Waals surface area (Å²) in [6.45, 7) is 0. The van der Waals surface area contributed by atoms with Crippen molar-refractivity contribution < 1.29 is 15.0 Å². The third-order valence-corrected chi connectivity index (χ3v) is 2.50. The van der Waals surface area contributed by atoms with Crippen LogP contribution in [0.4, 0.5) is 0 Å². The minimum absolute atomic E-state index is 0.143. The van der Waals surface area contributed by atoms with E-state index < -0.39 is 5.97 Å². The SMILES string of the molecule is O=C(O)c1cc2c(Cl)cccc2cc1O. The van der Waals surface area contributed by atoms with Crippen LogP contribution in [0.2, 0.25) is 5.02 Å². The van der Waals surface area contributed by atoms with Crippen LogP contribution in [0.25, 0.3) is 10.8 Å². The third-order valence-electron chi connectivity index (χ3n) is 2.17. The maximum atomic E-state index is 10.8. The summed E-state index contributed by atoms with van der Waals surface area (Å²) < 4.78 is 0. The first-order valence-corrected chi connectivity index (χ1v) is 4.62. The number of benzene rings is 2. The molecule has 2 aromatic rings. The van der Waals surface area contributed by atoms with E-state index in [0.29, 0.717) is 15.8 Å². The maximum Gasteiger partial charge on any atom is 0.339 e. The smallest absolute Gasteiger partial charge is 0.339 e. The summed E-state index contributed by atoms with van der Waals surface area (Å²) >= 11 is 5.91. The number of carbonyl (C=O) groups is 1. The average molecular weight is 223 g/mol. The zero-order chi connectivity index (χ0) is 11.0. The van der Waals surface area contributed by atoms with E-state index in [-0.39, 0.29) is 11.3 Å². The van der Waals surface area contributed by atoms with Crippen molar-refractivity contribution in [3.8, 4) is 5.75 Å². The first kappa shape index (κ1) is 9.80. The summed E-state index contributed by atoms with van der Waals surface area (Å²) in [6.07, 6.45) is 0. The molecular formula is C11H7ClO3. The first-order valence-electron chi connectivity index (χ1n) is 4.24. The van der Waals surface area contributed by atoms with Gasteiger partial charge in [0.05, 0.1) is 0 Å². The van der Waals surface area contributed by atoms with E-state index in [1.807, 2.05) is 0 Å². The van der Waals surface area contributed by atoms with Gasteiger partial charge in [-0.3, -0.25) is 0 Å². The Hall–Kier alpha value is -1.74. The van der Waals surface area contributed by atoms with Gasteiger partial charge in [0.2, 0.25) is 0 Å². The Morgan fingerprint density at radius 1 is 1.27 bits per heavy atom. The molecule has 0 radical (unpaired) electrons. The minimum Gasteiger partial charge on any atom is -0.507 e. The highest BCUT2D eigenvalue weighted by atomic mass is 35.5. The molecule has 0 amide bonds. The molecule has 4 heteroatoms. The molecule has 2 N–H and O–H groups in total. The zero-order valence-corrected chi connectivity index (χ0v) is 8.32. The highest BCUT2D eigenvalue weighted by molar-refractivity contribution is 6.35. The molecule has 0 saturated carbocycles. The number of halogens is 1. The van der Waals surface area contributed by atoms with Crippen molar-refractivity contribution in [2.24, 2.45) is 0 Å². The van der Waals surface area contributed by atoms with Gasteiger partial charge in [0.25, 0.3) is 0 Å². The van der Waals surface area contributed by atoms with Gasteiger partial charge in [0.15, 0.2) is 0 Å². The number of hydrogen-bond acceptors (Lipinski definition) is 2. The molecule has 0 spiro atoms. The van der Waals surface area contributed by atoms with E-state index in [0.717, 1.165) is 0 Å². The van der Waals surface area contributed by atoms with Gasteiger partial charge in [-0.2, -0.15) is 0 Å². The number of hydrogen-bond donors (Lipinski definition) is 2. The number of aromatic hydroxyl groups is 1. The maximum absolute atomic E-state index is 10.8. The van der Waals surface area contributed by atoms with Gasteiger partial charge in [0.1, 0.15) is 11.3 Å². The molecule has 15 heavy (non-hydrogen) atoms. The summed E-state index contributed by atoms with van der Waals surface area (Å²) in [6, 6.07) is 7.93. The Kier molecular flexibility index (Phi) is 2.25. The van der Waals surface area contributed by atoms with Gasteiger partial charge >= 0.3 is 5.97 Å². The predicted octanol–water partition coefficient (Wildman–Crippen LogP) is 2.90. The van der Waals surface area contributed by atoms with Crippen LogP contribution in [-0.2, 0) is 0 Å². The molecule has 0 bridgehead atoms. The van der Waals surface area contributed by atoms with Crippen LogP contribution in [0.15, 0.2) is 30.3 Å². The second kappa shape index (κ2) is 3.44. The molecule has 0 aliphatic rings.